The summed E-state index contributed by atoms with van der Waals surface area (Å²) in [6, 6.07) is 13.2. The first kappa shape index (κ1) is 18.3. The van der Waals surface area contributed by atoms with Crippen LogP contribution in [0.25, 0.3) is 0 Å². The molecule has 0 aliphatic rings. The van der Waals surface area contributed by atoms with Crippen LogP contribution in [0.5, 0.6) is 11.5 Å². The molecule has 0 radical (unpaired) electrons. The highest BCUT2D eigenvalue weighted by atomic mass is 79.9. The van der Waals surface area contributed by atoms with Gasteiger partial charge in [-0.1, -0.05) is 31.5 Å². The SMILES string of the molecule is CCCCN(C(=O)c1cc(OC)c(Br)c(OC)c1)c1ccccc1. The summed E-state index contributed by atoms with van der Waals surface area (Å²) in [7, 11) is 3.14. The van der Waals surface area contributed by atoms with Crippen LogP contribution in [0.15, 0.2) is 46.9 Å². The highest BCUT2D eigenvalue weighted by Crippen LogP contribution is 2.36. The minimum atomic E-state index is -0.0706. The van der Waals surface area contributed by atoms with Crippen LogP contribution < -0.4 is 14.4 Å². The van der Waals surface area contributed by atoms with Crippen molar-refractivity contribution in [3.63, 3.8) is 0 Å². The Morgan fingerprint density at radius 3 is 2.17 bits per heavy atom. The van der Waals surface area contributed by atoms with Crippen molar-refractivity contribution in [3.8, 4) is 11.5 Å². The predicted molar refractivity (Wildman–Crippen MR) is 100 cm³/mol. The summed E-state index contributed by atoms with van der Waals surface area (Å²) in [6.07, 6.45) is 1.95. The van der Waals surface area contributed by atoms with E-state index in [2.05, 4.69) is 22.9 Å². The van der Waals surface area contributed by atoms with Gasteiger partial charge < -0.3 is 14.4 Å². The molecule has 5 heteroatoms. The Balaban J connectivity index is 2.42. The number of unbranched alkanes of at least 4 members (excludes halogenated alkanes) is 1. The van der Waals surface area contributed by atoms with Gasteiger partial charge in [0.1, 0.15) is 16.0 Å². The molecule has 0 aliphatic carbocycles. The molecule has 0 spiro atoms. The molecule has 0 fully saturated rings. The predicted octanol–water partition coefficient (Wildman–Crippen LogP) is 4.91. The van der Waals surface area contributed by atoms with Gasteiger partial charge in [-0.3, -0.25) is 4.79 Å². The van der Waals surface area contributed by atoms with Gasteiger partial charge in [-0.2, -0.15) is 0 Å². The summed E-state index contributed by atoms with van der Waals surface area (Å²) in [5.41, 5.74) is 1.42. The van der Waals surface area contributed by atoms with Crippen molar-refractivity contribution in [1.29, 1.82) is 0 Å². The third kappa shape index (κ3) is 4.09. The molecular weight excluding hydrogens is 370 g/mol. The van der Waals surface area contributed by atoms with Crippen LogP contribution in [-0.4, -0.2) is 26.7 Å². The number of hydrogen-bond acceptors (Lipinski definition) is 3. The summed E-state index contributed by atoms with van der Waals surface area (Å²) in [5.74, 6) is 1.07. The zero-order valence-electron chi connectivity index (χ0n) is 14.2. The fraction of sp³-hybridized carbons (Fsp3) is 0.316. The lowest BCUT2D eigenvalue weighted by atomic mass is 10.1. The highest BCUT2D eigenvalue weighted by Gasteiger charge is 2.20. The molecule has 0 N–H and O–H groups in total. The van der Waals surface area contributed by atoms with Crippen molar-refractivity contribution in [2.24, 2.45) is 0 Å². The molecular formula is C19H22BrNO3. The molecule has 0 heterocycles. The monoisotopic (exact) mass is 391 g/mol. The highest BCUT2D eigenvalue weighted by molar-refractivity contribution is 9.10. The Bertz CT molecular complexity index is 663. The number of nitrogens with zero attached hydrogens (tertiary/aromatic N) is 1. The number of para-hydroxylation sites is 1. The number of benzene rings is 2. The summed E-state index contributed by atoms with van der Waals surface area (Å²) in [4.78, 5) is 14.9. The van der Waals surface area contributed by atoms with E-state index in [1.807, 2.05) is 30.3 Å². The summed E-state index contributed by atoms with van der Waals surface area (Å²) in [5, 5.41) is 0. The molecule has 128 valence electrons. The van der Waals surface area contributed by atoms with Gasteiger partial charge in [0.25, 0.3) is 5.91 Å². The largest absolute Gasteiger partial charge is 0.495 e. The minimum Gasteiger partial charge on any atom is -0.495 e. The van der Waals surface area contributed by atoms with Crippen molar-refractivity contribution in [1.82, 2.24) is 0 Å². The molecule has 0 saturated carbocycles. The molecule has 4 nitrogen and oxygen atoms in total. The molecule has 2 rings (SSSR count). The number of carbonyl (C=O) groups is 1. The van der Waals surface area contributed by atoms with Crippen molar-refractivity contribution in [2.75, 3.05) is 25.7 Å². The quantitative estimate of drug-likeness (QED) is 0.672. The van der Waals surface area contributed by atoms with E-state index in [-0.39, 0.29) is 5.91 Å². The van der Waals surface area contributed by atoms with E-state index in [9.17, 15) is 4.79 Å². The Labute approximate surface area is 151 Å². The number of carbonyl (C=O) groups excluding carboxylic acids is 1. The van der Waals surface area contributed by atoms with E-state index in [1.165, 1.54) is 0 Å². The Kier molecular flexibility index (Phi) is 6.67. The second-order valence-corrected chi connectivity index (χ2v) is 6.13. The lowest BCUT2D eigenvalue weighted by Gasteiger charge is -2.23. The Morgan fingerprint density at radius 1 is 1.08 bits per heavy atom. The maximum absolute atomic E-state index is 13.1. The van der Waals surface area contributed by atoms with E-state index in [4.69, 9.17) is 9.47 Å². The molecule has 24 heavy (non-hydrogen) atoms. The third-order valence-electron chi connectivity index (χ3n) is 3.74. The van der Waals surface area contributed by atoms with E-state index >= 15 is 0 Å². The smallest absolute Gasteiger partial charge is 0.258 e. The van der Waals surface area contributed by atoms with E-state index < -0.39 is 0 Å². The standard InChI is InChI=1S/C19H22BrNO3/c1-4-5-11-21(15-9-7-6-8-10-15)19(22)14-12-16(23-2)18(20)17(13-14)24-3/h6-10,12-13H,4-5,11H2,1-3H3. The van der Waals surface area contributed by atoms with Crippen LogP contribution in [0.1, 0.15) is 30.1 Å². The average Bonchev–Trinajstić information content (AvgIpc) is 2.63. The van der Waals surface area contributed by atoms with Crippen LogP contribution in [0, 0.1) is 0 Å². The lowest BCUT2D eigenvalue weighted by Crippen LogP contribution is -2.32. The Morgan fingerprint density at radius 2 is 1.67 bits per heavy atom. The second kappa shape index (κ2) is 8.73. The number of methoxy groups -OCH3 is 2. The number of hydrogen-bond donors (Lipinski definition) is 0. The molecule has 0 aliphatic heterocycles. The number of amides is 1. The van der Waals surface area contributed by atoms with Crippen LogP contribution in [0.4, 0.5) is 5.69 Å². The first-order chi connectivity index (χ1) is 11.6. The lowest BCUT2D eigenvalue weighted by molar-refractivity contribution is 0.0986. The molecule has 0 aromatic heterocycles. The van der Waals surface area contributed by atoms with E-state index in [0.29, 0.717) is 28.1 Å². The van der Waals surface area contributed by atoms with Gasteiger partial charge in [-0.05, 0) is 46.6 Å². The van der Waals surface area contributed by atoms with E-state index in [1.54, 1.807) is 31.3 Å². The number of ether oxygens (including phenoxy) is 2. The fourth-order valence-corrected chi connectivity index (χ4v) is 2.97. The molecule has 2 aromatic carbocycles. The molecule has 1 amide bonds. The molecule has 0 unspecified atom stereocenters. The van der Waals surface area contributed by atoms with Crippen LogP contribution in [0.2, 0.25) is 0 Å². The maximum atomic E-state index is 13.1. The molecule has 0 atom stereocenters. The zero-order chi connectivity index (χ0) is 17.5. The van der Waals surface area contributed by atoms with Gasteiger partial charge in [0.05, 0.1) is 14.2 Å². The van der Waals surface area contributed by atoms with Crippen LogP contribution in [0.3, 0.4) is 0 Å². The maximum Gasteiger partial charge on any atom is 0.258 e. The van der Waals surface area contributed by atoms with Crippen molar-refractivity contribution < 1.29 is 14.3 Å². The Hall–Kier alpha value is -2.01. The molecule has 2 aromatic rings. The number of anilines is 1. The van der Waals surface area contributed by atoms with Gasteiger partial charge in [0.15, 0.2) is 0 Å². The molecule has 0 saturated heterocycles. The van der Waals surface area contributed by atoms with Crippen LogP contribution in [-0.2, 0) is 0 Å². The topological polar surface area (TPSA) is 38.8 Å². The normalized spacial score (nSPS) is 10.3. The van der Waals surface area contributed by atoms with Gasteiger partial charge >= 0.3 is 0 Å². The van der Waals surface area contributed by atoms with E-state index in [0.717, 1.165) is 18.5 Å². The number of rotatable bonds is 7. The van der Waals surface area contributed by atoms with Crippen LogP contribution >= 0.6 is 15.9 Å². The molecule has 0 bridgehead atoms. The summed E-state index contributed by atoms with van der Waals surface area (Å²) < 4.78 is 11.4. The van der Waals surface area contributed by atoms with Gasteiger partial charge in [-0.25, -0.2) is 0 Å². The van der Waals surface area contributed by atoms with Crippen molar-refractivity contribution >= 4 is 27.5 Å². The minimum absolute atomic E-state index is 0.0706. The number of halogens is 1. The summed E-state index contributed by atoms with van der Waals surface area (Å²) in [6.45, 7) is 2.78. The average molecular weight is 392 g/mol. The fourth-order valence-electron chi connectivity index (χ4n) is 2.42. The van der Waals surface area contributed by atoms with Gasteiger partial charge in [0.2, 0.25) is 0 Å². The van der Waals surface area contributed by atoms with Gasteiger partial charge in [0, 0.05) is 17.8 Å². The van der Waals surface area contributed by atoms with Gasteiger partial charge in [-0.15, -0.1) is 0 Å². The first-order valence-corrected chi connectivity index (χ1v) is 8.70. The summed E-state index contributed by atoms with van der Waals surface area (Å²) >= 11 is 3.43. The second-order valence-electron chi connectivity index (χ2n) is 5.34. The zero-order valence-corrected chi connectivity index (χ0v) is 15.8. The van der Waals surface area contributed by atoms with Crippen molar-refractivity contribution in [2.45, 2.75) is 19.8 Å². The third-order valence-corrected chi connectivity index (χ3v) is 4.52. The first-order valence-electron chi connectivity index (χ1n) is 7.90. The van der Waals surface area contributed by atoms with Crippen molar-refractivity contribution in [3.05, 3.63) is 52.5 Å².